The molecular formula is C18H22N2O3. The molecule has 122 valence electrons. The standard InChI is InChI=1S/C18H22N2O3/c1-19-15-8-3-2-6-13(15)12-16(19)18(23)20-11-5-4-7-14(20)9-10-17(21)22/h2-3,6,8,12,14H,4-5,7,9-11H2,1H3,(H,21,22). The molecule has 5 heteroatoms. The van der Waals surface area contributed by atoms with Gasteiger partial charge in [0.15, 0.2) is 0 Å². The van der Waals surface area contributed by atoms with Crippen LogP contribution in [0.15, 0.2) is 30.3 Å². The van der Waals surface area contributed by atoms with Gasteiger partial charge in [-0.15, -0.1) is 0 Å². The van der Waals surface area contributed by atoms with Gasteiger partial charge in [-0.2, -0.15) is 0 Å². The number of hydrogen-bond acceptors (Lipinski definition) is 2. The zero-order chi connectivity index (χ0) is 16.4. The predicted molar refractivity (Wildman–Crippen MR) is 88.5 cm³/mol. The first-order valence-electron chi connectivity index (χ1n) is 8.15. The monoisotopic (exact) mass is 314 g/mol. The van der Waals surface area contributed by atoms with Crippen LogP contribution in [0.4, 0.5) is 0 Å². The number of carboxylic acid groups (broad SMARTS) is 1. The SMILES string of the molecule is Cn1c(C(=O)N2CCCCC2CCC(=O)O)cc2ccccc21. The number of aryl methyl sites for hydroxylation is 1. The summed E-state index contributed by atoms with van der Waals surface area (Å²) in [6.07, 6.45) is 3.58. The summed E-state index contributed by atoms with van der Waals surface area (Å²) in [5, 5.41) is 9.97. The summed E-state index contributed by atoms with van der Waals surface area (Å²) >= 11 is 0. The van der Waals surface area contributed by atoms with Gasteiger partial charge in [-0.1, -0.05) is 18.2 Å². The lowest BCUT2D eigenvalue weighted by molar-refractivity contribution is -0.137. The molecule has 1 amide bonds. The number of amides is 1. The number of hydrogen-bond donors (Lipinski definition) is 1. The van der Waals surface area contributed by atoms with Crippen molar-refractivity contribution in [2.24, 2.45) is 7.05 Å². The van der Waals surface area contributed by atoms with E-state index in [2.05, 4.69) is 0 Å². The van der Waals surface area contributed by atoms with Crippen molar-refractivity contribution in [2.75, 3.05) is 6.54 Å². The van der Waals surface area contributed by atoms with Crippen LogP contribution in [-0.2, 0) is 11.8 Å². The number of para-hydroxylation sites is 1. The lowest BCUT2D eigenvalue weighted by Gasteiger charge is -2.35. The smallest absolute Gasteiger partial charge is 0.303 e. The van der Waals surface area contributed by atoms with Crippen molar-refractivity contribution in [3.05, 3.63) is 36.0 Å². The van der Waals surface area contributed by atoms with Gasteiger partial charge in [0.2, 0.25) is 0 Å². The number of carbonyl (C=O) groups excluding carboxylic acids is 1. The molecule has 0 saturated carbocycles. The fourth-order valence-corrected chi connectivity index (χ4v) is 3.50. The first-order chi connectivity index (χ1) is 11.1. The highest BCUT2D eigenvalue weighted by molar-refractivity contribution is 5.98. The maximum Gasteiger partial charge on any atom is 0.303 e. The molecule has 1 saturated heterocycles. The second-order valence-electron chi connectivity index (χ2n) is 6.23. The van der Waals surface area contributed by atoms with Gasteiger partial charge in [-0.25, -0.2) is 0 Å². The van der Waals surface area contributed by atoms with Gasteiger partial charge in [0.1, 0.15) is 5.69 Å². The van der Waals surface area contributed by atoms with E-state index < -0.39 is 5.97 Å². The zero-order valence-electron chi connectivity index (χ0n) is 13.4. The van der Waals surface area contributed by atoms with Gasteiger partial charge in [-0.3, -0.25) is 9.59 Å². The number of benzene rings is 1. The summed E-state index contributed by atoms with van der Waals surface area (Å²) in [5.41, 5.74) is 1.71. The molecule has 1 aliphatic rings. The molecule has 23 heavy (non-hydrogen) atoms. The molecular weight excluding hydrogens is 292 g/mol. The van der Waals surface area contributed by atoms with Crippen molar-refractivity contribution in [1.29, 1.82) is 0 Å². The molecule has 5 nitrogen and oxygen atoms in total. The van der Waals surface area contributed by atoms with Crippen molar-refractivity contribution < 1.29 is 14.7 Å². The second-order valence-corrected chi connectivity index (χ2v) is 6.23. The van der Waals surface area contributed by atoms with E-state index in [1.54, 1.807) is 0 Å². The number of aromatic nitrogens is 1. The summed E-state index contributed by atoms with van der Waals surface area (Å²) in [6, 6.07) is 9.90. The van der Waals surface area contributed by atoms with Crippen molar-refractivity contribution in [1.82, 2.24) is 9.47 Å². The molecule has 3 rings (SSSR count). The second kappa shape index (κ2) is 6.44. The number of piperidine rings is 1. The topological polar surface area (TPSA) is 62.5 Å². The molecule has 1 atom stereocenters. The average molecular weight is 314 g/mol. The highest BCUT2D eigenvalue weighted by Gasteiger charge is 2.29. The molecule has 2 aromatic rings. The molecule has 2 heterocycles. The lowest BCUT2D eigenvalue weighted by atomic mass is 9.97. The largest absolute Gasteiger partial charge is 0.481 e. The lowest BCUT2D eigenvalue weighted by Crippen LogP contribution is -2.44. The predicted octanol–water partition coefficient (Wildman–Crippen LogP) is 3.04. The molecule has 1 aromatic carbocycles. The van der Waals surface area contributed by atoms with Gasteiger partial charge < -0.3 is 14.6 Å². The van der Waals surface area contributed by atoms with Gasteiger partial charge in [0.25, 0.3) is 5.91 Å². The van der Waals surface area contributed by atoms with E-state index in [1.165, 1.54) is 0 Å². The van der Waals surface area contributed by atoms with Crippen molar-refractivity contribution in [3.63, 3.8) is 0 Å². The summed E-state index contributed by atoms with van der Waals surface area (Å²) in [4.78, 5) is 25.7. The number of rotatable bonds is 4. The first kappa shape index (κ1) is 15.6. The Labute approximate surface area is 135 Å². The maximum atomic E-state index is 13.0. The van der Waals surface area contributed by atoms with Gasteiger partial charge in [0, 0.05) is 37.0 Å². The zero-order valence-corrected chi connectivity index (χ0v) is 13.4. The van der Waals surface area contributed by atoms with E-state index in [9.17, 15) is 9.59 Å². The molecule has 0 aliphatic carbocycles. The molecule has 0 spiro atoms. The maximum absolute atomic E-state index is 13.0. The van der Waals surface area contributed by atoms with Crippen LogP contribution in [-0.4, -0.2) is 39.0 Å². The Morgan fingerprint density at radius 2 is 2.04 bits per heavy atom. The van der Waals surface area contributed by atoms with E-state index in [1.807, 2.05) is 46.8 Å². The molecule has 1 aromatic heterocycles. The van der Waals surface area contributed by atoms with Crippen LogP contribution >= 0.6 is 0 Å². The van der Waals surface area contributed by atoms with Crippen molar-refractivity contribution in [2.45, 2.75) is 38.1 Å². The summed E-state index contributed by atoms with van der Waals surface area (Å²) in [7, 11) is 1.91. The van der Waals surface area contributed by atoms with Gasteiger partial charge >= 0.3 is 5.97 Å². The highest BCUT2D eigenvalue weighted by Crippen LogP contribution is 2.25. The third-order valence-electron chi connectivity index (χ3n) is 4.75. The molecule has 1 unspecified atom stereocenters. The van der Waals surface area contributed by atoms with Gasteiger partial charge in [-0.05, 0) is 37.8 Å². The van der Waals surface area contributed by atoms with Crippen LogP contribution < -0.4 is 0 Å². The number of nitrogens with zero attached hydrogens (tertiary/aromatic N) is 2. The summed E-state index contributed by atoms with van der Waals surface area (Å²) < 4.78 is 1.93. The van der Waals surface area contributed by atoms with Gasteiger partial charge in [0.05, 0.1) is 0 Å². The Balaban J connectivity index is 1.86. The van der Waals surface area contributed by atoms with Crippen LogP contribution in [0.25, 0.3) is 10.9 Å². The van der Waals surface area contributed by atoms with Crippen LogP contribution in [0.2, 0.25) is 0 Å². The van der Waals surface area contributed by atoms with E-state index >= 15 is 0 Å². The molecule has 1 aliphatic heterocycles. The fourth-order valence-electron chi connectivity index (χ4n) is 3.50. The minimum absolute atomic E-state index is 0.0128. The van der Waals surface area contributed by atoms with E-state index in [0.29, 0.717) is 18.7 Å². The van der Waals surface area contributed by atoms with Crippen LogP contribution in [0.5, 0.6) is 0 Å². The Hall–Kier alpha value is -2.30. The molecule has 1 fully saturated rings. The number of aliphatic carboxylic acids is 1. The number of carbonyl (C=O) groups is 2. The van der Waals surface area contributed by atoms with Crippen LogP contribution in [0, 0.1) is 0 Å². The summed E-state index contributed by atoms with van der Waals surface area (Å²) in [5.74, 6) is -0.786. The molecule has 1 N–H and O–H groups in total. The minimum Gasteiger partial charge on any atom is -0.481 e. The normalized spacial score (nSPS) is 18.3. The Kier molecular flexibility index (Phi) is 4.37. The number of likely N-dealkylation sites (tertiary alicyclic amines) is 1. The Morgan fingerprint density at radius 3 is 2.78 bits per heavy atom. The first-order valence-corrected chi connectivity index (χ1v) is 8.15. The van der Waals surface area contributed by atoms with Crippen molar-refractivity contribution in [3.8, 4) is 0 Å². The average Bonchev–Trinajstić information content (AvgIpc) is 2.90. The minimum atomic E-state index is -0.799. The van der Waals surface area contributed by atoms with E-state index in [4.69, 9.17) is 5.11 Å². The third-order valence-corrected chi connectivity index (χ3v) is 4.75. The number of carboxylic acids is 1. The van der Waals surface area contributed by atoms with E-state index in [-0.39, 0.29) is 18.4 Å². The third kappa shape index (κ3) is 3.09. The van der Waals surface area contributed by atoms with Crippen molar-refractivity contribution >= 4 is 22.8 Å². The number of fused-ring (bicyclic) bond motifs is 1. The van der Waals surface area contributed by atoms with E-state index in [0.717, 1.165) is 30.2 Å². The summed E-state index contributed by atoms with van der Waals surface area (Å²) in [6.45, 7) is 0.713. The van der Waals surface area contributed by atoms with Crippen LogP contribution in [0.1, 0.15) is 42.6 Å². The highest BCUT2D eigenvalue weighted by atomic mass is 16.4. The quantitative estimate of drug-likeness (QED) is 0.943. The fraction of sp³-hybridized carbons (Fsp3) is 0.444. The Bertz CT molecular complexity index is 735. The van der Waals surface area contributed by atoms with Crippen LogP contribution in [0.3, 0.4) is 0 Å². The molecule has 0 bridgehead atoms. The molecule has 0 radical (unpaired) electrons. The Morgan fingerprint density at radius 1 is 1.26 bits per heavy atom.